The second-order valence-electron chi connectivity index (χ2n) is 7.17. The number of likely N-dealkylation sites (tertiary alicyclic amines) is 1. The summed E-state index contributed by atoms with van der Waals surface area (Å²) in [6, 6.07) is 6.22. The topological polar surface area (TPSA) is 108 Å². The van der Waals surface area contributed by atoms with E-state index < -0.39 is 16.1 Å². The number of hydrogen-bond acceptors (Lipinski definition) is 5. The van der Waals surface area contributed by atoms with Crippen LogP contribution < -0.4 is 10.6 Å². The zero-order chi connectivity index (χ0) is 20.3. The maximum Gasteiger partial charge on any atom is 0.285 e. The van der Waals surface area contributed by atoms with Gasteiger partial charge in [-0.3, -0.25) is 9.59 Å². The summed E-state index contributed by atoms with van der Waals surface area (Å²) in [5, 5.41) is 5.54. The van der Waals surface area contributed by atoms with E-state index in [1.807, 2.05) is 11.8 Å². The zero-order valence-electron chi connectivity index (χ0n) is 16.1. The fourth-order valence-electron chi connectivity index (χ4n) is 3.47. The molecule has 1 fully saturated rings. The first-order chi connectivity index (χ1) is 13.3. The molecule has 1 atom stereocenters. The standard InChI is InChI=1S/C19H26N4O4S/c1-3-10-20-18(24)13(2)21-19(25)14-8-11-23(12-9-14)17-15-6-4-5-7-16(15)28(26,27)22-17/h4-7,13-14H,3,8-12H2,1-2H3,(H,20,24)(H,21,25)/t13-/m1/s1. The smallest absolute Gasteiger partial charge is 0.285 e. The van der Waals surface area contributed by atoms with E-state index in [0.29, 0.717) is 43.9 Å². The van der Waals surface area contributed by atoms with Crippen molar-refractivity contribution in [3.63, 3.8) is 0 Å². The lowest BCUT2D eigenvalue weighted by atomic mass is 9.95. The van der Waals surface area contributed by atoms with Crippen molar-refractivity contribution in [2.75, 3.05) is 19.6 Å². The van der Waals surface area contributed by atoms with Crippen molar-refractivity contribution in [2.24, 2.45) is 10.3 Å². The van der Waals surface area contributed by atoms with Gasteiger partial charge in [0.15, 0.2) is 5.84 Å². The lowest BCUT2D eigenvalue weighted by molar-refractivity contribution is -0.131. The van der Waals surface area contributed by atoms with Gasteiger partial charge in [-0.25, -0.2) is 0 Å². The molecule has 152 valence electrons. The molecule has 0 saturated carbocycles. The van der Waals surface area contributed by atoms with Crippen LogP contribution in [0.15, 0.2) is 33.6 Å². The average molecular weight is 407 g/mol. The number of nitrogens with zero attached hydrogens (tertiary/aromatic N) is 2. The number of fused-ring (bicyclic) bond motifs is 1. The van der Waals surface area contributed by atoms with Gasteiger partial charge in [0.25, 0.3) is 10.0 Å². The molecule has 0 aromatic heterocycles. The van der Waals surface area contributed by atoms with Crippen molar-refractivity contribution < 1.29 is 18.0 Å². The molecule has 0 unspecified atom stereocenters. The highest BCUT2D eigenvalue weighted by Gasteiger charge is 2.34. The van der Waals surface area contributed by atoms with Crippen molar-refractivity contribution in [2.45, 2.75) is 44.0 Å². The van der Waals surface area contributed by atoms with E-state index in [-0.39, 0.29) is 22.6 Å². The van der Waals surface area contributed by atoms with Gasteiger partial charge in [-0.1, -0.05) is 19.1 Å². The van der Waals surface area contributed by atoms with Gasteiger partial charge in [0, 0.05) is 31.1 Å². The minimum absolute atomic E-state index is 0.139. The van der Waals surface area contributed by atoms with Crippen LogP contribution in [0.5, 0.6) is 0 Å². The average Bonchev–Trinajstić information content (AvgIpc) is 2.97. The summed E-state index contributed by atoms with van der Waals surface area (Å²) in [6.07, 6.45) is 2.00. The van der Waals surface area contributed by atoms with Crippen LogP contribution in [0.2, 0.25) is 0 Å². The lowest BCUT2D eigenvalue weighted by Gasteiger charge is -2.33. The van der Waals surface area contributed by atoms with Crippen LogP contribution in [0.4, 0.5) is 0 Å². The molecule has 9 heteroatoms. The van der Waals surface area contributed by atoms with E-state index in [2.05, 4.69) is 15.0 Å². The Balaban J connectivity index is 1.58. The maximum atomic E-state index is 12.5. The largest absolute Gasteiger partial charge is 0.355 e. The molecule has 1 aromatic carbocycles. The Labute approximate surface area is 165 Å². The Hall–Kier alpha value is -2.42. The molecule has 1 saturated heterocycles. The predicted molar refractivity (Wildman–Crippen MR) is 105 cm³/mol. The first kappa shape index (κ1) is 20.3. The Morgan fingerprint density at radius 3 is 2.61 bits per heavy atom. The van der Waals surface area contributed by atoms with Gasteiger partial charge in [-0.05, 0) is 38.3 Å². The SMILES string of the molecule is CCCNC(=O)[C@@H](C)NC(=O)C1CCN(C2=NS(=O)(=O)c3ccccc32)CC1. The fraction of sp³-hybridized carbons (Fsp3) is 0.526. The molecule has 2 heterocycles. The highest BCUT2D eigenvalue weighted by Crippen LogP contribution is 2.29. The molecule has 8 nitrogen and oxygen atoms in total. The van der Waals surface area contributed by atoms with Crippen LogP contribution in [0, 0.1) is 5.92 Å². The summed E-state index contributed by atoms with van der Waals surface area (Å²) in [6.45, 7) is 5.31. The van der Waals surface area contributed by atoms with Crippen LogP contribution in [-0.4, -0.2) is 56.6 Å². The molecular weight excluding hydrogens is 380 g/mol. The fourth-order valence-corrected chi connectivity index (χ4v) is 4.70. The normalized spacial score (nSPS) is 19.5. The molecular formula is C19H26N4O4S. The van der Waals surface area contributed by atoms with Gasteiger partial charge in [0.2, 0.25) is 11.8 Å². The highest BCUT2D eigenvalue weighted by molar-refractivity contribution is 7.90. The number of amides is 2. The van der Waals surface area contributed by atoms with E-state index in [0.717, 1.165) is 6.42 Å². The van der Waals surface area contributed by atoms with E-state index >= 15 is 0 Å². The molecule has 2 aliphatic heterocycles. The molecule has 2 aliphatic rings. The summed E-state index contributed by atoms with van der Waals surface area (Å²) >= 11 is 0. The number of hydrogen-bond donors (Lipinski definition) is 2. The predicted octanol–water partition coefficient (Wildman–Crippen LogP) is 0.878. The van der Waals surface area contributed by atoms with Gasteiger partial charge >= 0.3 is 0 Å². The third kappa shape index (κ3) is 4.19. The number of carbonyl (C=O) groups excluding carboxylic acids is 2. The summed E-state index contributed by atoms with van der Waals surface area (Å²) in [5.74, 6) is -0.0664. The second kappa shape index (κ2) is 8.30. The zero-order valence-corrected chi connectivity index (χ0v) is 17.0. The molecule has 28 heavy (non-hydrogen) atoms. The number of carbonyl (C=O) groups is 2. The molecule has 0 aliphatic carbocycles. The Morgan fingerprint density at radius 2 is 1.93 bits per heavy atom. The van der Waals surface area contributed by atoms with Crippen LogP contribution >= 0.6 is 0 Å². The van der Waals surface area contributed by atoms with Crippen molar-refractivity contribution in [1.29, 1.82) is 0 Å². The van der Waals surface area contributed by atoms with Crippen molar-refractivity contribution in [1.82, 2.24) is 15.5 Å². The van der Waals surface area contributed by atoms with Gasteiger partial charge in [-0.2, -0.15) is 8.42 Å². The minimum atomic E-state index is -3.64. The first-order valence-electron chi connectivity index (χ1n) is 9.61. The number of nitrogens with one attached hydrogen (secondary N) is 2. The molecule has 1 aromatic rings. The summed E-state index contributed by atoms with van der Waals surface area (Å²) < 4.78 is 28.4. The van der Waals surface area contributed by atoms with E-state index in [1.54, 1.807) is 31.2 Å². The molecule has 0 radical (unpaired) electrons. The summed E-state index contributed by atoms with van der Waals surface area (Å²) in [4.78, 5) is 26.6. The monoisotopic (exact) mass is 406 g/mol. The minimum Gasteiger partial charge on any atom is -0.355 e. The lowest BCUT2D eigenvalue weighted by Crippen LogP contribution is -2.49. The number of piperidine rings is 1. The number of sulfonamides is 1. The highest BCUT2D eigenvalue weighted by atomic mass is 32.2. The van der Waals surface area contributed by atoms with Gasteiger partial charge in [0.1, 0.15) is 10.9 Å². The molecule has 0 bridgehead atoms. The molecule has 3 rings (SSSR count). The molecule has 0 spiro atoms. The van der Waals surface area contributed by atoms with Crippen LogP contribution in [0.3, 0.4) is 0 Å². The van der Waals surface area contributed by atoms with Crippen LogP contribution in [-0.2, 0) is 19.6 Å². The Kier molecular flexibility index (Phi) is 6.02. The maximum absolute atomic E-state index is 12.5. The summed E-state index contributed by atoms with van der Waals surface area (Å²) in [7, 11) is -3.64. The van der Waals surface area contributed by atoms with Crippen molar-refractivity contribution >= 4 is 27.7 Å². The van der Waals surface area contributed by atoms with Gasteiger partial charge < -0.3 is 15.5 Å². The van der Waals surface area contributed by atoms with Crippen LogP contribution in [0.1, 0.15) is 38.7 Å². The third-order valence-electron chi connectivity index (χ3n) is 5.08. The molecule has 2 N–H and O–H groups in total. The van der Waals surface area contributed by atoms with E-state index in [9.17, 15) is 18.0 Å². The molecule has 2 amide bonds. The number of rotatable bonds is 5. The number of benzene rings is 1. The Bertz CT molecular complexity index is 889. The van der Waals surface area contributed by atoms with E-state index in [1.165, 1.54) is 0 Å². The second-order valence-corrected chi connectivity index (χ2v) is 8.74. The Morgan fingerprint density at radius 1 is 1.25 bits per heavy atom. The van der Waals surface area contributed by atoms with Crippen molar-refractivity contribution in [3.05, 3.63) is 29.8 Å². The summed E-state index contributed by atoms with van der Waals surface area (Å²) in [5.41, 5.74) is 0.617. The van der Waals surface area contributed by atoms with Crippen molar-refractivity contribution in [3.8, 4) is 0 Å². The van der Waals surface area contributed by atoms with E-state index in [4.69, 9.17) is 0 Å². The first-order valence-corrected chi connectivity index (χ1v) is 11.0. The third-order valence-corrected chi connectivity index (χ3v) is 6.40. The van der Waals surface area contributed by atoms with Gasteiger partial charge in [-0.15, -0.1) is 4.40 Å². The quantitative estimate of drug-likeness (QED) is 0.755. The van der Waals surface area contributed by atoms with Crippen LogP contribution in [0.25, 0.3) is 0 Å². The van der Waals surface area contributed by atoms with Gasteiger partial charge in [0.05, 0.1) is 0 Å². The number of amidine groups is 1.